The van der Waals surface area contributed by atoms with Gasteiger partial charge in [-0.1, -0.05) is 0 Å². The fraction of sp³-hybridized carbons (Fsp3) is 0.444. The average molecular weight is 183 g/mol. The molecule has 0 aliphatic rings. The topological polar surface area (TPSA) is 51.3 Å². The number of hydrogen-bond acceptors (Lipinski definition) is 3. The van der Waals surface area contributed by atoms with Crippen molar-refractivity contribution in [2.75, 3.05) is 13.2 Å². The Morgan fingerprint density at radius 2 is 2.00 bits per heavy atom. The van der Waals surface area contributed by atoms with Crippen LogP contribution in [0.4, 0.5) is 0 Å². The third-order valence-corrected chi connectivity index (χ3v) is 1.45. The van der Waals surface area contributed by atoms with Gasteiger partial charge in [-0.15, -0.1) is 0 Å². The summed E-state index contributed by atoms with van der Waals surface area (Å²) in [6, 6.07) is 1.59. The lowest BCUT2D eigenvalue weighted by molar-refractivity contribution is 0.318. The maximum atomic E-state index is 11.1. The van der Waals surface area contributed by atoms with Gasteiger partial charge < -0.3 is 14.5 Å². The molecule has 0 aromatic carbocycles. The Labute approximate surface area is 76.5 Å². The second-order valence-electron chi connectivity index (χ2n) is 2.39. The SMILES string of the molecule is CCOc1c[nH]c(=O)c(OCC)c1. The summed E-state index contributed by atoms with van der Waals surface area (Å²) in [7, 11) is 0. The van der Waals surface area contributed by atoms with Gasteiger partial charge in [0.1, 0.15) is 5.75 Å². The predicted molar refractivity (Wildman–Crippen MR) is 49.4 cm³/mol. The van der Waals surface area contributed by atoms with E-state index in [1.165, 1.54) is 6.20 Å². The highest BCUT2D eigenvalue weighted by Crippen LogP contribution is 2.13. The van der Waals surface area contributed by atoms with Crippen molar-refractivity contribution in [1.29, 1.82) is 0 Å². The van der Waals surface area contributed by atoms with Crippen LogP contribution in [0.25, 0.3) is 0 Å². The van der Waals surface area contributed by atoms with Crippen LogP contribution < -0.4 is 15.0 Å². The molecule has 0 aliphatic heterocycles. The van der Waals surface area contributed by atoms with Gasteiger partial charge in [-0.05, 0) is 13.8 Å². The van der Waals surface area contributed by atoms with Crippen LogP contribution in [-0.2, 0) is 0 Å². The molecule has 1 rings (SSSR count). The van der Waals surface area contributed by atoms with Crippen LogP contribution in [0.3, 0.4) is 0 Å². The van der Waals surface area contributed by atoms with E-state index in [9.17, 15) is 4.79 Å². The first-order valence-electron chi connectivity index (χ1n) is 4.26. The second kappa shape index (κ2) is 4.54. The third kappa shape index (κ3) is 2.50. The van der Waals surface area contributed by atoms with Gasteiger partial charge in [0.15, 0.2) is 5.75 Å². The Hall–Kier alpha value is -1.45. The summed E-state index contributed by atoms with van der Waals surface area (Å²) < 4.78 is 10.3. The van der Waals surface area contributed by atoms with E-state index in [0.717, 1.165) is 0 Å². The molecule has 72 valence electrons. The largest absolute Gasteiger partial charge is 0.492 e. The average Bonchev–Trinajstić information content (AvgIpc) is 2.12. The number of aromatic amines is 1. The van der Waals surface area contributed by atoms with Gasteiger partial charge in [-0.25, -0.2) is 0 Å². The zero-order valence-electron chi connectivity index (χ0n) is 7.79. The quantitative estimate of drug-likeness (QED) is 0.762. The first-order chi connectivity index (χ1) is 6.27. The number of ether oxygens (including phenoxy) is 2. The second-order valence-corrected chi connectivity index (χ2v) is 2.39. The Balaban J connectivity index is 2.90. The molecule has 0 bridgehead atoms. The monoisotopic (exact) mass is 183 g/mol. The summed E-state index contributed by atoms with van der Waals surface area (Å²) in [5.41, 5.74) is -0.231. The number of nitrogens with one attached hydrogen (secondary N) is 1. The van der Waals surface area contributed by atoms with Crippen molar-refractivity contribution in [1.82, 2.24) is 4.98 Å². The summed E-state index contributed by atoms with van der Waals surface area (Å²) in [4.78, 5) is 13.7. The summed E-state index contributed by atoms with van der Waals surface area (Å²) in [6.07, 6.45) is 1.52. The Morgan fingerprint density at radius 1 is 1.31 bits per heavy atom. The van der Waals surface area contributed by atoms with Gasteiger partial charge in [-0.3, -0.25) is 4.79 Å². The lowest BCUT2D eigenvalue weighted by atomic mass is 10.4. The van der Waals surface area contributed by atoms with Crippen molar-refractivity contribution >= 4 is 0 Å². The van der Waals surface area contributed by atoms with E-state index in [-0.39, 0.29) is 5.56 Å². The molecule has 0 radical (unpaired) electrons. The van der Waals surface area contributed by atoms with E-state index in [1.807, 2.05) is 13.8 Å². The Morgan fingerprint density at radius 3 is 2.62 bits per heavy atom. The van der Waals surface area contributed by atoms with E-state index in [4.69, 9.17) is 9.47 Å². The van der Waals surface area contributed by atoms with E-state index >= 15 is 0 Å². The molecule has 0 fully saturated rings. The Bertz CT molecular complexity index is 319. The molecule has 1 aromatic heterocycles. The van der Waals surface area contributed by atoms with Crippen LogP contribution in [0.5, 0.6) is 11.5 Å². The fourth-order valence-corrected chi connectivity index (χ4v) is 0.957. The molecule has 1 heterocycles. The maximum absolute atomic E-state index is 11.1. The number of hydrogen-bond donors (Lipinski definition) is 1. The highest BCUT2D eigenvalue weighted by molar-refractivity contribution is 5.28. The molecule has 0 saturated carbocycles. The highest BCUT2D eigenvalue weighted by Gasteiger charge is 2.01. The van der Waals surface area contributed by atoms with Crippen LogP contribution in [0.2, 0.25) is 0 Å². The minimum absolute atomic E-state index is 0.231. The zero-order chi connectivity index (χ0) is 9.68. The van der Waals surface area contributed by atoms with Crippen molar-refractivity contribution in [3.63, 3.8) is 0 Å². The molecule has 0 spiro atoms. The summed E-state index contributed by atoms with van der Waals surface area (Å²) in [5.74, 6) is 0.916. The standard InChI is InChI=1S/C9H13NO3/c1-3-12-7-5-8(13-4-2)9(11)10-6-7/h5-6H,3-4H2,1-2H3,(H,10,11). The van der Waals surface area contributed by atoms with Crippen LogP contribution in [0.15, 0.2) is 17.1 Å². The van der Waals surface area contributed by atoms with E-state index < -0.39 is 0 Å². The highest BCUT2D eigenvalue weighted by atomic mass is 16.5. The van der Waals surface area contributed by atoms with Crippen LogP contribution in [0.1, 0.15) is 13.8 Å². The number of pyridine rings is 1. The van der Waals surface area contributed by atoms with E-state index in [2.05, 4.69) is 4.98 Å². The summed E-state index contributed by atoms with van der Waals surface area (Å²) in [5, 5.41) is 0. The molecule has 4 heteroatoms. The summed E-state index contributed by atoms with van der Waals surface area (Å²) >= 11 is 0. The van der Waals surface area contributed by atoms with E-state index in [0.29, 0.717) is 24.7 Å². The third-order valence-electron chi connectivity index (χ3n) is 1.45. The van der Waals surface area contributed by atoms with Crippen molar-refractivity contribution in [2.24, 2.45) is 0 Å². The fourth-order valence-electron chi connectivity index (χ4n) is 0.957. The lowest BCUT2D eigenvalue weighted by Crippen LogP contribution is -2.10. The van der Waals surface area contributed by atoms with Crippen molar-refractivity contribution in [3.05, 3.63) is 22.6 Å². The Kier molecular flexibility index (Phi) is 3.37. The minimum atomic E-state index is -0.231. The molecular weight excluding hydrogens is 170 g/mol. The first-order valence-corrected chi connectivity index (χ1v) is 4.26. The molecule has 4 nitrogen and oxygen atoms in total. The minimum Gasteiger partial charge on any atom is -0.492 e. The number of rotatable bonds is 4. The van der Waals surface area contributed by atoms with Gasteiger partial charge >= 0.3 is 0 Å². The molecule has 0 atom stereocenters. The molecule has 0 amide bonds. The first kappa shape index (κ1) is 9.64. The number of H-pyrrole nitrogens is 1. The summed E-state index contributed by atoms with van der Waals surface area (Å²) in [6.45, 7) is 4.74. The van der Waals surface area contributed by atoms with Crippen molar-refractivity contribution < 1.29 is 9.47 Å². The molecule has 1 N–H and O–H groups in total. The van der Waals surface area contributed by atoms with Crippen molar-refractivity contribution in [2.45, 2.75) is 13.8 Å². The smallest absolute Gasteiger partial charge is 0.290 e. The molecule has 1 aromatic rings. The van der Waals surface area contributed by atoms with Gasteiger partial charge in [-0.2, -0.15) is 0 Å². The van der Waals surface area contributed by atoms with Crippen LogP contribution >= 0.6 is 0 Å². The number of aromatic nitrogens is 1. The van der Waals surface area contributed by atoms with E-state index in [1.54, 1.807) is 6.07 Å². The lowest BCUT2D eigenvalue weighted by Gasteiger charge is -2.05. The maximum Gasteiger partial charge on any atom is 0.290 e. The molecule has 0 aliphatic carbocycles. The van der Waals surface area contributed by atoms with Gasteiger partial charge in [0, 0.05) is 12.3 Å². The normalized spacial score (nSPS) is 9.69. The van der Waals surface area contributed by atoms with Crippen LogP contribution in [-0.4, -0.2) is 18.2 Å². The predicted octanol–water partition coefficient (Wildman–Crippen LogP) is 1.17. The van der Waals surface area contributed by atoms with Gasteiger partial charge in [0.05, 0.1) is 13.2 Å². The molecular formula is C9H13NO3. The van der Waals surface area contributed by atoms with Crippen LogP contribution in [0, 0.1) is 0 Å². The molecule has 0 saturated heterocycles. The van der Waals surface area contributed by atoms with Gasteiger partial charge in [0.2, 0.25) is 0 Å². The van der Waals surface area contributed by atoms with Gasteiger partial charge in [0.25, 0.3) is 5.56 Å². The molecule has 0 unspecified atom stereocenters. The zero-order valence-corrected chi connectivity index (χ0v) is 7.79. The van der Waals surface area contributed by atoms with Crippen molar-refractivity contribution in [3.8, 4) is 11.5 Å². The molecule has 13 heavy (non-hydrogen) atoms.